The Balaban J connectivity index is -0.000000321. The summed E-state index contributed by atoms with van der Waals surface area (Å²) in [5.41, 5.74) is 0.556. The van der Waals surface area contributed by atoms with E-state index in [4.69, 9.17) is 5.11 Å². The van der Waals surface area contributed by atoms with Gasteiger partial charge < -0.3 is 46.6 Å². The number of rotatable bonds is 2. The van der Waals surface area contributed by atoms with Crippen molar-refractivity contribution in [2.24, 2.45) is 20.6 Å². The zero-order valence-corrected chi connectivity index (χ0v) is 17.9. The molecule has 30 heavy (non-hydrogen) atoms. The van der Waals surface area contributed by atoms with Gasteiger partial charge in [-0.05, 0) is 39.8 Å². The molecule has 1 aromatic carbocycles. The fraction of sp³-hybridized carbons (Fsp3) is 0.211. The summed E-state index contributed by atoms with van der Waals surface area (Å²) >= 11 is 0. The molecule has 0 spiro atoms. The fourth-order valence-corrected chi connectivity index (χ4v) is 0.955. The maximum atomic E-state index is 9.60. The predicted molar refractivity (Wildman–Crippen MR) is 117 cm³/mol. The van der Waals surface area contributed by atoms with E-state index in [9.17, 15) is 20.8 Å². The van der Waals surface area contributed by atoms with E-state index >= 15 is 0 Å². The van der Waals surface area contributed by atoms with Crippen LogP contribution in [-0.4, -0.2) is 32.9 Å². The Kier molecular flexibility index (Phi) is 22.8. The Morgan fingerprint density at radius 1 is 0.733 bits per heavy atom. The summed E-state index contributed by atoms with van der Waals surface area (Å²) in [6, 6.07) is 15.0. The molecular formula is C19H22CoN5O5-5. The molecule has 1 N–H and O–H groups in total. The van der Waals surface area contributed by atoms with Gasteiger partial charge in [-0.2, -0.15) is 18.2 Å². The van der Waals surface area contributed by atoms with Gasteiger partial charge in [-0.1, -0.05) is 6.07 Å². The van der Waals surface area contributed by atoms with Crippen LogP contribution in [0.2, 0.25) is 0 Å². The number of nitrogens with zero attached hydrogens (tertiary/aromatic N) is 5. The average molecular weight is 459 g/mol. The molecule has 1 aromatic heterocycles. The smallest absolute Gasteiger partial charge is 0.0465 e. The standard InChI is InChI=1S/C6H5O.C5H5N.2C4H8N2O2.Co/c7-6-4-2-1-3-5-6;1-2-4-6-5-3-1;2*1-3(5-7)4(2)6-8;/h2-5,7H;1-5H;2*7-8H,1-2H3;/q-1;;;;/p-4. The Hall–Kier alpha value is -3.44. The van der Waals surface area contributed by atoms with Crippen LogP contribution in [0, 0.1) is 26.9 Å². The first kappa shape index (κ1) is 31.3. The number of phenolic OH excluding ortho intramolecular Hbond substituents is 1. The molecule has 1 heterocycles. The van der Waals surface area contributed by atoms with Crippen LogP contribution < -0.4 is 0 Å². The van der Waals surface area contributed by atoms with Crippen LogP contribution in [0.4, 0.5) is 0 Å². The zero-order chi connectivity index (χ0) is 22.5. The number of benzene rings is 1. The molecule has 0 bridgehead atoms. The van der Waals surface area contributed by atoms with Crippen LogP contribution in [0.5, 0.6) is 5.75 Å². The Bertz CT molecular complexity index is 679. The second-order valence-electron chi connectivity index (χ2n) is 4.99. The number of hydrogen-bond acceptors (Lipinski definition) is 10. The SMILES string of the molecule is CC(=N[O-])C(C)=N[O-].CC(=N[O-])C(C)=N[O-].Oc1cc[c-]cc1.[Co].c1ccncc1. The van der Waals surface area contributed by atoms with E-state index in [0.29, 0.717) is 5.75 Å². The van der Waals surface area contributed by atoms with Gasteiger partial charge in [0.25, 0.3) is 0 Å². The molecule has 167 valence electrons. The van der Waals surface area contributed by atoms with Gasteiger partial charge in [-0.25, -0.2) is 0 Å². The van der Waals surface area contributed by atoms with Crippen LogP contribution in [0.15, 0.2) is 75.5 Å². The van der Waals surface area contributed by atoms with Crippen molar-refractivity contribution in [3.63, 3.8) is 0 Å². The molecule has 0 amide bonds. The normalized spacial score (nSPS) is 11.2. The van der Waals surface area contributed by atoms with Crippen LogP contribution in [0.3, 0.4) is 0 Å². The molecule has 0 unspecified atom stereocenters. The molecule has 2 aromatic rings. The molecule has 0 saturated heterocycles. The van der Waals surface area contributed by atoms with Gasteiger partial charge in [0.2, 0.25) is 0 Å². The Morgan fingerprint density at radius 2 is 1.07 bits per heavy atom. The van der Waals surface area contributed by atoms with E-state index in [2.05, 4.69) is 31.7 Å². The number of hydrogen-bond donors (Lipinski definition) is 1. The Morgan fingerprint density at radius 3 is 1.20 bits per heavy atom. The summed E-state index contributed by atoms with van der Waals surface area (Å²) in [6.45, 7) is 5.74. The fourth-order valence-electron chi connectivity index (χ4n) is 0.955. The largest absolute Gasteiger partial charge is 0.792 e. The van der Waals surface area contributed by atoms with Gasteiger partial charge in [0.1, 0.15) is 0 Å². The quantitative estimate of drug-likeness (QED) is 0.402. The minimum Gasteiger partial charge on any atom is -0.792 e. The molecule has 1 radical (unpaired) electrons. The monoisotopic (exact) mass is 459 g/mol. The number of pyridine rings is 1. The van der Waals surface area contributed by atoms with Crippen molar-refractivity contribution < 1.29 is 21.9 Å². The minimum absolute atomic E-state index is 0. The molecule has 0 aliphatic carbocycles. The molecule has 0 saturated carbocycles. The molecule has 11 heteroatoms. The second kappa shape index (κ2) is 21.9. The van der Waals surface area contributed by atoms with Crippen molar-refractivity contribution in [3.05, 3.63) is 81.8 Å². The van der Waals surface area contributed by atoms with Crippen molar-refractivity contribution in [2.45, 2.75) is 27.7 Å². The summed E-state index contributed by atoms with van der Waals surface area (Å²) in [6.07, 6.45) is 3.50. The molecule has 0 atom stereocenters. The number of aromatic nitrogens is 1. The molecule has 10 nitrogen and oxygen atoms in total. The molecule has 2 rings (SSSR count). The van der Waals surface area contributed by atoms with Gasteiger partial charge in [0.05, 0.1) is 0 Å². The van der Waals surface area contributed by atoms with Gasteiger partial charge in [0.15, 0.2) is 0 Å². The number of phenols is 1. The molecular weight excluding hydrogens is 437 g/mol. The van der Waals surface area contributed by atoms with Gasteiger partial charge in [-0.15, -0.1) is 12.1 Å². The van der Waals surface area contributed by atoms with Crippen LogP contribution in [-0.2, 0) is 16.8 Å². The first-order valence-corrected chi connectivity index (χ1v) is 8.02. The summed E-state index contributed by atoms with van der Waals surface area (Å²) in [5, 5.41) is 57.0. The molecule has 0 fully saturated rings. The van der Waals surface area contributed by atoms with E-state index < -0.39 is 0 Å². The topological polar surface area (TPSA) is 175 Å². The van der Waals surface area contributed by atoms with Gasteiger partial charge in [0, 0.05) is 57.8 Å². The number of aromatic hydroxyl groups is 1. The second-order valence-corrected chi connectivity index (χ2v) is 4.99. The Labute approximate surface area is 185 Å². The maximum Gasteiger partial charge on any atom is 0.0465 e. The third-order valence-electron chi connectivity index (χ3n) is 2.86. The average Bonchev–Trinajstić information content (AvgIpc) is 2.79. The third-order valence-corrected chi connectivity index (χ3v) is 2.86. The van der Waals surface area contributed by atoms with Crippen LogP contribution in [0.1, 0.15) is 27.7 Å². The summed E-state index contributed by atoms with van der Waals surface area (Å²) < 4.78 is 0. The first-order valence-electron chi connectivity index (χ1n) is 8.02. The van der Waals surface area contributed by atoms with Crippen molar-refractivity contribution in [1.29, 1.82) is 0 Å². The van der Waals surface area contributed by atoms with E-state index in [0.717, 1.165) is 0 Å². The zero-order valence-electron chi connectivity index (χ0n) is 16.8. The summed E-state index contributed by atoms with van der Waals surface area (Å²) in [4.78, 5) is 3.78. The first-order chi connectivity index (χ1) is 13.8. The third kappa shape index (κ3) is 19.3. The predicted octanol–water partition coefficient (Wildman–Crippen LogP) is 4.08. The van der Waals surface area contributed by atoms with Gasteiger partial charge in [-0.3, -0.25) is 4.98 Å². The summed E-state index contributed by atoms with van der Waals surface area (Å²) in [5.74, 6) is 0.291. The van der Waals surface area contributed by atoms with E-state index in [1.807, 2.05) is 18.2 Å². The van der Waals surface area contributed by atoms with Crippen LogP contribution in [0.25, 0.3) is 0 Å². The van der Waals surface area contributed by atoms with Crippen molar-refractivity contribution in [2.75, 3.05) is 0 Å². The van der Waals surface area contributed by atoms with Crippen LogP contribution >= 0.6 is 0 Å². The van der Waals surface area contributed by atoms with Crippen molar-refractivity contribution >= 4 is 22.8 Å². The van der Waals surface area contributed by atoms with E-state index in [1.54, 1.807) is 36.7 Å². The maximum absolute atomic E-state index is 9.60. The van der Waals surface area contributed by atoms with Crippen molar-refractivity contribution in [1.82, 2.24) is 4.98 Å². The molecule has 0 aliphatic heterocycles. The van der Waals surface area contributed by atoms with E-state index in [-0.39, 0.29) is 39.6 Å². The van der Waals surface area contributed by atoms with E-state index in [1.165, 1.54) is 27.7 Å². The molecule has 0 aliphatic rings. The minimum atomic E-state index is 0. The van der Waals surface area contributed by atoms with Gasteiger partial charge >= 0.3 is 0 Å². The summed E-state index contributed by atoms with van der Waals surface area (Å²) in [7, 11) is 0. The van der Waals surface area contributed by atoms with Crippen molar-refractivity contribution in [3.8, 4) is 5.75 Å².